The number of carbonyl (C=O) groups excluding carboxylic acids is 2. The first-order valence-corrected chi connectivity index (χ1v) is 6.89. The molecule has 1 saturated heterocycles. The van der Waals surface area contributed by atoms with Crippen LogP contribution in [0.15, 0.2) is 0 Å². The largest absolute Gasteiger partial charge is 0.339 e. The number of piperazine rings is 1. The van der Waals surface area contributed by atoms with Gasteiger partial charge in [0.1, 0.15) is 0 Å². The second-order valence-electron chi connectivity index (χ2n) is 5.21. The van der Waals surface area contributed by atoms with Crippen molar-refractivity contribution in [3.63, 3.8) is 0 Å². The molecule has 0 bridgehead atoms. The first-order valence-electron chi connectivity index (χ1n) is 6.89. The zero-order chi connectivity index (χ0) is 14.3. The molecule has 6 nitrogen and oxygen atoms in total. The number of rotatable bonds is 6. The molecule has 0 aromatic heterocycles. The highest BCUT2D eigenvalue weighted by Gasteiger charge is 2.23. The van der Waals surface area contributed by atoms with Crippen molar-refractivity contribution in [2.24, 2.45) is 0 Å². The quantitative estimate of drug-likeness (QED) is 0.643. The average Bonchev–Trinajstić information content (AvgIpc) is 2.38. The summed E-state index contributed by atoms with van der Waals surface area (Å²) in [6.45, 7) is 3.95. The van der Waals surface area contributed by atoms with Gasteiger partial charge in [-0.05, 0) is 34.1 Å². The Hall–Kier alpha value is -1.14. The second kappa shape index (κ2) is 8.12. The van der Waals surface area contributed by atoms with Crippen LogP contribution in [-0.2, 0) is 9.59 Å². The van der Waals surface area contributed by atoms with E-state index in [2.05, 4.69) is 5.32 Å². The van der Waals surface area contributed by atoms with Gasteiger partial charge in [-0.2, -0.15) is 0 Å². The van der Waals surface area contributed by atoms with E-state index in [0.717, 1.165) is 13.0 Å². The van der Waals surface area contributed by atoms with Crippen molar-refractivity contribution >= 4 is 11.8 Å². The molecule has 0 radical (unpaired) electrons. The van der Waals surface area contributed by atoms with E-state index in [0.29, 0.717) is 39.1 Å². The number of carbonyl (C=O) groups is 2. The lowest BCUT2D eigenvalue weighted by Crippen LogP contribution is -2.52. The first kappa shape index (κ1) is 15.9. The summed E-state index contributed by atoms with van der Waals surface area (Å²) < 4.78 is 0. The van der Waals surface area contributed by atoms with Gasteiger partial charge in [0.05, 0.1) is 6.54 Å². The molecule has 110 valence electrons. The van der Waals surface area contributed by atoms with E-state index in [9.17, 15) is 9.59 Å². The zero-order valence-corrected chi connectivity index (χ0v) is 12.3. The standard InChI is InChI=1S/C13H26N4O2/c1-14-6-4-5-12(18)16-7-9-17(10-8-16)13(19)11-15(2)3/h14H,4-11H2,1-3H3. The van der Waals surface area contributed by atoms with Gasteiger partial charge in [0.25, 0.3) is 0 Å². The molecule has 0 atom stereocenters. The van der Waals surface area contributed by atoms with E-state index < -0.39 is 0 Å². The summed E-state index contributed by atoms with van der Waals surface area (Å²) in [5.74, 6) is 0.349. The van der Waals surface area contributed by atoms with E-state index in [4.69, 9.17) is 0 Å². The maximum Gasteiger partial charge on any atom is 0.236 e. The average molecular weight is 270 g/mol. The lowest BCUT2D eigenvalue weighted by atomic mass is 10.2. The Labute approximate surface area is 115 Å². The summed E-state index contributed by atoms with van der Waals surface area (Å²) in [5, 5.41) is 3.04. The van der Waals surface area contributed by atoms with Crippen LogP contribution in [0, 0.1) is 0 Å². The van der Waals surface area contributed by atoms with Crippen LogP contribution >= 0.6 is 0 Å². The van der Waals surface area contributed by atoms with Gasteiger partial charge in [0.2, 0.25) is 11.8 Å². The molecule has 1 aliphatic heterocycles. The van der Waals surface area contributed by atoms with Gasteiger partial charge < -0.3 is 20.0 Å². The fraction of sp³-hybridized carbons (Fsp3) is 0.846. The molecule has 0 unspecified atom stereocenters. The molecule has 1 rings (SSSR count). The van der Waals surface area contributed by atoms with E-state index in [-0.39, 0.29) is 11.8 Å². The smallest absolute Gasteiger partial charge is 0.236 e. The van der Waals surface area contributed by atoms with Gasteiger partial charge in [-0.15, -0.1) is 0 Å². The van der Waals surface area contributed by atoms with Crippen molar-refractivity contribution in [1.82, 2.24) is 20.0 Å². The number of nitrogens with zero attached hydrogens (tertiary/aromatic N) is 3. The Balaban J connectivity index is 2.28. The number of hydrogen-bond donors (Lipinski definition) is 1. The minimum absolute atomic E-state index is 0.146. The SMILES string of the molecule is CNCCCC(=O)N1CCN(C(=O)CN(C)C)CC1. The van der Waals surface area contributed by atoms with Gasteiger partial charge >= 0.3 is 0 Å². The molecule has 2 amide bonds. The third-order valence-electron chi connectivity index (χ3n) is 3.25. The predicted molar refractivity (Wildman–Crippen MR) is 74.9 cm³/mol. The molecule has 19 heavy (non-hydrogen) atoms. The van der Waals surface area contributed by atoms with E-state index in [1.165, 1.54) is 0 Å². The van der Waals surface area contributed by atoms with Crippen molar-refractivity contribution in [3.05, 3.63) is 0 Å². The fourth-order valence-electron chi connectivity index (χ4n) is 2.15. The summed E-state index contributed by atoms with van der Waals surface area (Å²) in [7, 11) is 5.67. The van der Waals surface area contributed by atoms with Crippen molar-refractivity contribution in [2.75, 3.05) is 60.4 Å². The zero-order valence-electron chi connectivity index (χ0n) is 12.3. The van der Waals surface area contributed by atoms with Gasteiger partial charge in [0, 0.05) is 32.6 Å². The van der Waals surface area contributed by atoms with Crippen LogP contribution < -0.4 is 5.32 Å². The van der Waals surface area contributed by atoms with Crippen LogP contribution in [0.1, 0.15) is 12.8 Å². The number of nitrogens with one attached hydrogen (secondary N) is 1. The summed E-state index contributed by atoms with van der Waals surface area (Å²) in [4.78, 5) is 29.4. The molecule has 1 N–H and O–H groups in total. The molecular weight excluding hydrogens is 244 g/mol. The third kappa shape index (κ3) is 5.57. The minimum Gasteiger partial charge on any atom is -0.339 e. The van der Waals surface area contributed by atoms with Crippen molar-refractivity contribution in [3.8, 4) is 0 Å². The normalized spacial score (nSPS) is 16.0. The highest BCUT2D eigenvalue weighted by Crippen LogP contribution is 2.05. The van der Waals surface area contributed by atoms with Gasteiger partial charge in [0.15, 0.2) is 0 Å². The Kier molecular flexibility index (Phi) is 6.80. The maximum absolute atomic E-state index is 11.9. The fourth-order valence-corrected chi connectivity index (χ4v) is 2.15. The molecule has 6 heteroatoms. The molecule has 0 aromatic rings. The third-order valence-corrected chi connectivity index (χ3v) is 3.25. The van der Waals surface area contributed by atoms with Gasteiger partial charge in [-0.25, -0.2) is 0 Å². The molecule has 0 saturated carbocycles. The highest BCUT2D eigenvalue weighted by molar-refractivity contribution is 5.79. The molecule has 0 aromatic carbocycles. The van der Waals surface area contributed by atoms with E-state index in [1.807, 2.05) is 35.8 Å². The van der Waals surface area contributed by atoms with Gasteiger partial charge in [-0.3, -0.25) is 9.59 Å². The molecule has 0 spiro atoms. The predicted octanol–water partition coefficient (Wildman–Crippen LogP) is -0.782. The first-order chi connectivity index (χ1) is 9.04. The van der Waals surface area contributed by atoms with Crippen LogP contribution in [0.3, 0.4) is 0 Å². The van der Waals surface area contributed by atoms with Crippen molar-refractivity contribution < 1.29 is 9.59 Å². The number of likely N-dealkylation sites (N-methyl/N-ethyl adjacent to an activating group) is 1. The Morgan fingerprint density at radius 3 is 2.05 bits per heavy atom. The summed E-state index contributed by atoms with van der Waals surface area (Å²) >= 11 is 0. The lowest BCUT2D eigenvalue weighted by molar-refractivity contribution is -0.139. The van der Waals surface area contributed by atoms with Crippen LogP contribution in [0.4, 0.5) is 0 Å². The number of hydrogen-bond acceptors (Lipinski definition) is 4. The highest BCUT2D eigenvalue weighted by atomic mass is 16.2. The minimum atomic E-state index is 0.146. The van der Waals surface area contributed by atoms with E-state index in [1.54, 1.807) is 0 Å². The Bertz CT molecular complexity index is 299. The second-order valence-corrected chi connectivity index (χ2v) is 5.21. The monoisotopic (exact) mass is 270 g/mol. The number of amides is 2. The summed E-state index contributed by atoms with van der Waals surface area (Å²) in [6.07, 6.45) is 1.46. The van der Waals surface area contributed by atoms with Crippen LogP contribution in [0.2, 0.25) is 0 Å². The topological polar surface area (TPSA) is 55.9 Å². The molecule has 0 aliphatic carbocycles. The van der Waals surface area contributed by atoms with Gasteiger partial charge in [-0.1, -0.05) is 0 Å². The summed E-state index contributed by atoms with van der Waals surface area (Å²) in [5.41, 5.74) is 0. The van der Waals surface area contributed by atoms with E-state index >= 15 is 0 Å². The lowest BCUT2D eigenvalue weighted by Gasteiger charge is -2.35. The van der Waals surface area contributed by atoms with Crippen molar-refractivity contribution in [2.45, 2.75) is 12.8 Å². The molecular formula is C13H26N4O2. The van der Waals surface area contributed by atoms with Crippen molar-refractivity contribution in [1.29, 1.82) is 0 Å². The Morgan fingerprint density at radius 2 is 1.58 bits per heavy atom. The molecule has 1 heterocycles. The molecule has 1 aliphatic rings. The van der Waals surface area contributed by atoms with Crippen LogP contribution in [-0.4, -0.2) is 86.9 Å². The van der Waals surface area contributed by atoms with Crippen LogP contribution in [0.25, 0.3) is 0 Å². The molecule has 1 fully saturated rings. The Morgan fingerprint density at radius 1 is 1.05 bits per heavy atom. The van der Waals surface area contributed by atoms with Crippen LogP contribution in [0.5, 0.6) is 0 Å². The maximum atomic E-state index is 11.9. The summed E-state index contributed by atoms with van der Waals surface area (Å²) in [6, 6.07) is 0.